The van der Waals surface area contributed by atoms with Crippen LogP contribution in [-0.2, 0) is 11.3 Å². The van der Waals surface area contributed by atoms with Gasteiger partial charge in [-0.1, -0.05) is 19.9 Å². The van der Waals surface area contributed by atoms with E-state index in [-0.39, 0.29) is 12.0 Å². The molecule has 0 radical (unpaired) electrons. The van der Waals surface area contributed by atoms with E-state index in [0.717, 1.165) is 5.56 Å². The molecule has 5 nitrogen and oxygen atoms in total. The van der Waals surface area contributed by atoms with Crippen LogP contribution in [0.3, 0.4) is 0 Å². The highest BCUT2D eigenvalue weighted by Crippen LogP contribution is 2.15. The van der Waals surface area contributed by atoms with E-state index in [0.29, 0.717) is 25.0 Å². The molecule has 0 aliphatic carbocycles. The standard InChI is InChI=1S/C14H23N3O2/c1-10(2)16-9-13(18)17-8-12-6-5-7-15-14(12)19-11(3)4/h5-7,10-11,16H,8-9H2,1-4H3,(H,17,18). The van der Waals surface area contributed by atoms with Gasteiger partial charge in [0.05, 0.1) is 12.6 Å². The van der Waals surface area contributed by atoms with Crippen molar-refractivity contribution in [2.24, 2.45) is 0 Å². The van der Waals surface area contributed by atoms with Crippen molar-refractivity contribution in [2.45, 2.75) is 46.4 Å². The Bertz CT molecular complexity index is 405. The summed E-state index contributed by atoms with van der Waals surface area (Å²) in [5.74, 6) is 0.544. The number of ether oxygens (including phenoxy) is 1. The van der Waals surface area contributed by atoms with Gasteiger partial charge in [0.1, 0.15) is 0 Å². The fourth-order valence-electron chi connectivity index (χ4n) is 1.44. The largest absolute Gasteiger partial charge is 0.475 e. The third kappa shape index (κ3) is 6.20. The van der Waals surface area contributed by atoms with E-state index in [1.807, 2.05) is 39.8 Å². The average molecular weight is 265 g/mol. The second-order valence-electron chi connectivity index (χ2n) is 4.95. The molecule has 1 amide bonds. The summed E-state index contributed by atoms with van der Waals surface area (Å²) in [5.41, 5.74) is 0.883. The smallest absolute Gasteiger partial charge is 0.234 e. The molecule has 0 fully saturated rings. The Labute approximate surface area is 114 Å². The predicted molar refractivity (Wildman–Crippen MR) is 75.0 cm³/mol. The van der Waals surface area contributed by atoms with Crippen molar-refractivity contribution in [2.75, 3.05) is 6.54 Å². The van der Waals surface area contributed by atoms with Crippen LogP contribution in [0.2, 0.25) is 0 Å². The van der Waals surface area contributed by atoms with Gasteiger partial charge < -0.3 is 15.4 Å². The predicted octanol–water partition coefficient (Wildman–Crippen LogP) is 1.48. The normalized spacial score (nSPS) is 10.8. The summed E-state index contributed by atoms with van der Waals surface area (Å²) in [6.07, 6.45) is 1.75. The molecule has 0 atom stereocenters. The van der Waals surface area contributed by atoms with Gasteiger partial charge in [-0.2, -0.15) is 0 Å². The second-order valence-corrected chi connectivity index (χ2v) is 4.95. The Balaban J connectivity index is 2.50. The molecule has 0 aliphatic rings. The van der Waals surface area contributed by atoms with Crippen LogP contribution in [0.15, 0.2) is 18.3 Å². The minimum atomic E-state index is -0.0342. The van der Waals surface area contributed by atoms with E-state index in [2.05, 4.69) is 15.6 Å². The fourth-order valence-corrected chi connectivity index (χ4v) is 1.44. The van der Waals surface area contributed by atoms with E-state index in [4.69, 9.17) is 4.74 Å². The van der Waals surface area contributed by atoms with Crippen molar-refractivity contribution in [1.29, 1.82) is 0 Å². The number of nitrogens with one attached hydrogen (secondary N) is 2. The third-order valence-corrected chi connectivity index (χ3v) is 2.34. The maximum atomic E-state index is 11.6. The molecule has 19 heavy (non-hydrogen) atoms. The highest BCUT2D eigenvalue weighted by molar-refractivity contribution is 5.78. The molecule has 0 aromatic carbocycles. The van der Waals surface area contributed by atoms with Crippen molar-refractivity contribution in [3.05, 3.63) is 23.9 Å². The zero-order valence-electron chi connectivity index (χ0n) is 12.1. The molecule has 1 aromatic rings. The zero-order valence-corrected chi connectivity index (χ0v) is 12.1. The van der Waals surface area contributed by atoms with Crippen LogP contribution in [0.5, 0.6) is 5.88 Å². The number of aromatic nitrogens is 1. The summed E-state index contributed by atoms with van der Waals surface area (Å²) in [5, 5.41) is 5.92. The topological polar surface area (TPSA) is 63.2 Å². The molecule has 0 bridgehead atoms. The monoisotopic (exact) mass is 265 g/mol. The number of hydrogen-bond donors (Lipinski definition) is 2. The number of nitrogens with zero attached hydrogens (tertiary/aromatic N) is 1. The van der Waals surface area contributed by atoms with Crippen molar-refractivity contribution >= 4 is 5.91 Å². The fraction of sp³-hybridized carbons (Fsp3) is 0.571. The maximum absolute atomic E-state index is 11.6. The summed E-state index contributed by atoms with van der Waals surface area (Å²) in [6, 6.07) is 4.03. The molecule has 0 aliphatic heterocycles. The van der Waals surface area contributed by atoms with Gasteiger partial charge in [0, 0.05) is 24.3 Å². The van der Waals surface area contributed by atoms with E-state index in [9.17, 15) is 4.79 Å². The molecule has 0 saturated carbocycles. The van der Waals surface area contributed by atoms with Crippen LogP contribution in [-0.4, -0.2) is 29.6 Å². The number of amides is 1. The number of rotatable bonds is 7. The molecule has 0 saturated heterocycles. The molecule has 1 aromatic heterocycles. The highest BCUT2D eigenvalue weighted by Gasteiger charge is 2.08. The van der Waals surface area contributed by atoms with Crippen LogP contribution in [0.25, 0.3) is 0 Å². The number of hydrogen-bond acceptors (Lipinski definition) is 4. The van der Waals surface area contributed by atoms with E-state index >= 15 is 0 Å². The SMILES string of the molecule is CC(C)NCC(=O)NCc1cccnc1OC(C)C. The summed E-state index contributed by atoms with van der Waals surface area (Å²) < 4.78 is 5.60. The first-order valence-electron chi connectivity index (χ1n) is 6.59. The summed E-state index contributed by atoms with van der Waals surface area (Å²) in [7, 11) is 0. The van der Waals surface area contributed by atoms with Crippen LogP contribution in [0, 0.1) is 0 Å². The lowest BCUT2D eigenvalue weighted by atomic mass is 10.2. The van der Waals surface area contributed by atoms with Gasteiger partial charge in [-0.05, 0) is 19.9 Å². The lowest BCUT2D eigenvalue weighted by Crippen LogP contribution is -2.36. The van der Waals surface area contributed by atoms with Gasteiger partial charge in [0.25, 0.3) is 0 Å². The zero-order chi connectivity index (χ0) is 14.3. The summed E-state index contributed by atoms with van der Waals surface area (Å²) in [6.45, 7) is 8.64. The van der Waals surface area contributed by atoms with Crippen LogP contribution in [0.1, 0.15) is 33.3 Å². The van der Waals surface area contributed by atoms with E-state index in [1.54, 1.807) is 6.20 Å². The van der Waals surface area contributed by atoms with Gasteiger partial charge >= 0.3 is 0 Å². The number of pyridine rings is 1. The third-order valence-electron chi connectivity index (χ3n) is 2.34. The Morgan fingerprint density at radius 3 is 2.74 bits per heavy atom. The average Bonchev–Trinajstić information content (AvgIpc) is 2.34. The number of carbonyl (C=O) groups is 1. The van der Waals surface area contributed by atoms with Crippen LogP contribution in [0.4, 0.5) is 0 Å². The lowest BCUT2D eigenvalue weighted by molar-refractivity contribution is -0.120. The summed E-state index contributed by atoms with van der Waals surface area (Å²) in [4.78, 5) is 15.8. The molecule has 0 spiro atoms. The molecule has 106 valence electrons. The molecule has 5 heteroatoms. The Morgan fingerprint density at radius 2 is 2.11 bits per heavy atom. The maximum Gasteiger partial charge on any atom is 0.234 e. The van der Waals surface area contributed by atoms with Gasteiger partial charge in [0.2, 0.25) is 11.8 Å². The molecule has 2 N–H and O–H groups in total. The van der Waals surface area contributed by atoms with E-state index < -0.39 is 0 Å². The van der Waals surface area contributed by atoms with Crippen molar-refractivity contribution in [3.8, 4) is 5.88 Å². The van der Waals surface area contributed by atoms with E-state index in [1.165, 1.54) is 0 Å². The first kappa shape index (κ1) is 15.4. The minimum absolute atomic E-state index is 0.0342. The second kappa shape index (κ2) is 7.74. The van der Waals surface area contributed by atoms with Crippen molar-refractivity contribution < 1.29 is 9.53 Å². The van der Waals surface area contributed by atoms with Crippen molar-refractivity contribution in [3.63, 3.8) is 0 Å². The Morgan fingerprint density at radius 1 is 1.37 bits per heavy atom. The lowest BCUT2D eigenvalue weighted by Gasteiger charge is -2.13. The highest BCUT2D eigenvalue weighted by atomic mass is 16.5. The Kier molecular flexibility index (Phi) is 6.29. The van der Waals surface area contributed by atoms with Gasteiger partial charge in [0.15, 0.2) is 0 Å². The Hall–Kier alpha value is -1.62. The molecule has 1 rings (SSSR count). The first-order chi connectivity index (χ1) is 8.99. The minimum Gasteiger partial charge on any atom is -0.475 e. The molecular weight excluding hydrogens is 242 g/mol. The molecule has 0 unspecified atom stereocenters. The molecular formula is C14H23N3O2. The van der Waals surface area contributed by atoms with Gasteiger partial charge in [-0.3, -0.25) is 4.79 Å². The van der Waals surface area contributed by atoms with Gasteiger partial charge in [-0.15, -0.1) is 0 Å². The van der Waals surface area contributed by atoms with Crippen LogP contribution >= 0.6 is 0 Å². The number of carbonyl (C=O) groups excluding carboxylic acids is 1. The van der Waals surface area contributed by atoms with Crippen LogP contribution < -0.4 is 15.4 Å². The quantitative estimate of drug-likeness (QED) is 0.784. The molecule has 1 heterocycles. The van der Waals surface area contributed by atoms with Crippen molar-refractivity contribution in [1.82, 2.24) is 15.6 Å². The summed E-state index contributed by atoms with van der Waals surface area (Å²) >= 11 is 0. The first-order valence-corrected chi connectivity index (χ1v) is 6.59. The van der Waals surface area contributed by atoms with Gasteiger partial charge in [-0.25, -0.2) is 4.98 Å².